The number of amides is 1. The van der Waals surface area contributed by atoms with Gasteiger partial charge in [-0.3, -0.25) is 5.32 Å². The Bertz CT molecular complexity index is 992. The number of phenols is 1. The summed E-state index contributed by atoms with van der Waals surface area (Å²) in [5, 5.41) is 21.7. The molecule has 0 unspecified atom stereocenters. The zero-order valence-corrected chi connectivity index (χ0v) is 18.3. The minimum atomic E-state index is -1.02. The van der Waals surface area contributed by atoms with Gasteiger partial charge in [0.1, 0.15) is 11.9 Å². The number of hydrogen-bond acceptors (Lipinski definition) is 6. The molecule has 8 nitrogen and oxygen atoms in total. The van der Waals surface area contributed by atoms with Crippen LogP contribution in [0.2, 0.25) is 0 Å². The van der Waals surface area contributed by atoms with Gasteiger partial charge in [0.05, 0.1) is 0 Å². The van der Waals surface area contributed by atoms with Crippen LogP contribution in [0, 0.1) is 5.92 Å². The van der Waals surface area contributed by atoms with Gasteiger partial charge in [-0.2, -0.15) is 0 Å². The molecule has 0 saturated heterocycles. The number of aliphatic carboxylic acids is 1. The second kappa shape index (κ2) is 10.2. The number of carbonyl (C=O) groups is 2. The van der Waals surface area contributed by atoms with E-state index in [1.807, 2.05) is 6.92 Å². The first-order valence-electron chi connectivity index (χ1n) is 9.58. The number of carboxylic acids is 1. The number of allylic oxidation sites excluding steroid dienone is 1. The minimum absolute atomic E-state index is 0.00277. The van der Waals surface area contributed by atoms with Crippen molar-refractivity contribution in [2.24, 2.45) is 5.92 Å². The summed E-state index contributed by atoms with van der Waals surface area (Å²) in [6.45, 7) is 1.99. The van der Waals surface area contributed by atoms with Crippen molar-refractivity contribution in [2.75, 3.05) is 12.1 Å². The van der Waals surface area contributed by atoms with Gasteiger partial charge in [0.15, 0.2) is 11.5 Å². The molecule has 0 spiro atoms. The Morgan fingerprint density at radius 2 is 2.00 bits per heavy atom. The standard InChI is InChI=1S/C22H22BrNO7/c1-13(4-2-3-5-20(26)27)21(16-10-14(23)6-8-17(16)25)31-22(28)24-15-7-9-18-19(11-15)30-12-29-18/h3,5-11,13,21,25H,2,4,12H2,1H3,(H,24,28)(H,26,27)/b5-3+/t13-,21-/m0/s1. The second-order valence-corrected chi connectivity index (χ2v) is 7.93. The zero-order chi connectivity index (χ0) is 22.4. The van der Waals surface area contributed by atoms with Crippen molar-refractivity contribution in [3.05, 3.63) is 58.6 Å². The molecule has 3 N–H and O–H groups in total. The Kier molecular flexibility index (Phi) is 7.41. The Morgan fingerprint density at radius 1 is 1.23 bits per heavy atom. The fraction of sp³-hybridized carbons (Fsp3) is 0.273. The maximum absolute atomic E-state index is 12.6. The van der Waals surface area contributed by atoms with E-state index in [1.54, 1.807) is 36.4 Å². The highest BCUT2D eigenvalue weighted by Gasteiger charge is 2.26. The molecular formula is C22H22BrNO7. The van der Waals surface area contributed by atoms with Crippen LogP contribution in [-0.4, -0.2) is 29.1 Å². The van der Waals surface area contributed by atoms with Crippen LogP contribution in [0.3, 0.4) is 0 Å². The number of anilines is 1. The summed E-state index contributed by atoms with van der Waals surface area (Å²) >= 11 is 3.37. The molecule has 1 aliphatic heterocycles. The molecule has 2 atom stereocenters. The number of fused-ring (bicyclic) bond motifs is 1. The van der Waals surface area contributed by atoms with Crippen LogP contribution < -0.4 is 14.8 Å². The van der Waals surface area contributed by atoms with Crippen molar-refractivity contribution in [1.29, 1.82) is 0 Å². The smallest absolute Gasteiger partial charge is 0.412 e. The second-order valence-electron chi connectivity index (χ2n) is 7.02. The molecule has 31 heavy (non-hydrogen) atoms. The molecule has 3 rings (SSSR count). The molecule has 1 heterocycles. The molecule has 0 bridgehead atoms. The van der Waals surface area contributed by atoms with E-state index in [0.717, 1.165) is 10.5 Å². The van der Waals surface area contributed by atoms with Gasteiger partial charge in [-0.1, -0.05) is 28.9 Å². The quantitative estimate of drug-likeness (QED) is 0.433. The molecule has 2 aromatic carbocycles. The molecule has 2 aromatic rings. The highest BCUT2D eigenvalue weighted by molar-refractivity contribution is 9.10. The van der Waals surface area contributed by atoms with Gasteiger partial charge in [-0.25, -0.2) is 9.59 Å². The first kappa shape index (κ1) is 22.5. The average Bonchev–Trinajstić information content (AvgIpc) is 3.19. The third-order valence-corrected chi connectivity index (χ3v) is 5.21. The van der Waals surface area contributed by atoms with Crippen molar-refractivity contribution in [3.63, 3.8) is 0 Å². The molecule has 0 aliphatic carbocycles. The number of carboxylic acid groups (broad SMARTS) is 1. The van der Waals surface area contributed by atoms with Crippen molar-refractivity contribution in [3.8, 4) is 17.2 Å². The molecule has 0 radical (unpaired) electrons. The van der Waals surface area contributed by atoms with E-state index in [-0.39, 0.29) is 18.5 Å². The molecule has 164 valence electrons. The van der Waals surface area contributed by atoms with E-state index < -0.39 is 18.2 Å². The molecule has 0 aromatic heterocycles. The fourth-order valence-corrected chi connectivity index (χ4v) is 3.55. The lowest BCUT2D eigenvalue weighted by Crippen LogP contribution is -2.22. The predicted molar refractivity (Wildman–Crippen MR) is 116 cm³/mol. The number of carbonyl (C=O) groups excluding carboxylic acids is 1. The third-order valence-electron chi connectivity index (χ3n) is 4.72. The molecule has 1 aliphatic rings. The molecule has 0 saturated carbocycles. The summed E-state index contributed by atoms with van der Waals surface area (Å²) in [6, 6.07) is 9.88. The summed E-state index contributed by atoms with van der Waals surface area (Å²) in [6.07, 6.45) is 2.18. The predicted octanol–water partition coefficient (Wildman–Crippen LogP) is 5.23. The van der Waals surface area contributed by atoms with Gasteiger partial charge in [0, 0.05) is 27.9 Å². The minimum Gasteiger partial charge on any atom is -0.508 e. The van der Waals surface area contributed by atoms with Crippen molar-refractivity contribution in [1.82, 2.24) is 0 Å². The van der Waals surface area contributed by atoms with Gasteiger partial charge >= 0.3 is 12.1 Å². The number of phenolic OH excluding ortho intramolecular Hbond substituents is 1. The summed E-state index contributed by atoms with van der Waals surface area (Å²) in [5.41, 5.74) is 0.924. The average molecular weight is 492 g/mol. The maximum Gasteiger partial charge on any atom is 0.412 e. The van der Waals surface area contributed by atoms with E-state index in [1.165, 1.54) is 6.07 Å². The van der Waals surface area contributed by atoms with Crippen LogP contribution in [0.15, 0.2) is 53.0 Å². The monoisotopic (exact) mass is 491 g/mol. The Labute approximate surface area is 187 Å². The van der Waals surface area contributed by atoms with Crippen molar-refractivity contribution in [2.45, 2.75) is 25.9 Å². The maximum atomic E-state index is 12.6. The van der Waals surface area contributed by atoms with Gasteiger partial charge in [-0.15, -0.1) is 0 Å². The van der Waals surface area contributed by atoms with Gasteiger partial charge in [0.25, 0.3) is 0 Å². The van der Waals surface area contributed by atoms with E-state index in [9.17, 15) is 14.7 Å². The summed E-state index contributed by atoms with van der Waals surface area (Å²) in [4.78, 5) is 23.3. The summed E-state index contributed by atoms with van der Waals surface area (Å²) in [5.74, 6) is -0.109. The number of ether oxygens (including phenoxy) is 3. The fourth-order valence-electron chi connectivity index (χ4n) is 3.17. The van der Waals surface area contributed by atoms with Crippen LogP contribution >= 0.6 is 15.9 Å². The van der Waals surface area contributed by atoms with Crippen LogP contribution in [0.1, 0.15) is 31.4 Å². The molecule has 9 heteroatoms. The number of aromatic hydroxyl groups is 1. The Morgan fingerprint density at radius 3 is 2.77 bits per heavy atom. The third kappa shape index (κ3) is 6.14. The van der Waals surface area contributed by atoms with Crippen molar-refractivity contribution < 1.29 is 34.0 Å². The highest BCUT2D eigenvalue weighted by atomic mass is 79.9. The van der Waals surface area contributed by atoms with Gasteiger partial charge in [0.2, 0.25) is 6.79 Å². The van der Waals surface area contributed by atoms with E-state index in [0.29, 0.717) is 35.6 Å². The SMILES string of the molecule is C[C@@H](CC/C=C/C(=O)O)[C@H](OC(=O)Nc1ccc2c(c1)OCO2)c1cc(Br)ccc1O. The number of rotatable bonds is 8. The number of halogens is 1. The number of hydrogen-bond donors (Lipinski definition) is 3. The lowest BCUT2D eigenvalue weighted by atomic mass is 9.92. The van der Waals surface area contributed by atoms with E-state index in [4.69, 9.17) is 19.3 Å². The normalized spacial score (nSPS) is 14.3. The van der Waals surface area contributed by atoms with E-state index in [2.05, 4.69) is 21.2 Å². The van der Waals surface area contributed by atoms with Gasteiger partial charge in [-0.05, 0) is 49.1 Å². The molecular weight excluding hydrogens is 470 g/mol. The number of nitrogens with one attached hydrogen (secondary N) is 1. The largest absolute Gasteiger partial charge is 0.508 e. The Balaban J connectivity index is 1.74. The summed E-state index contributed by atoms with van der Waals surface area (Å²) < 4.78 is 17.0. The van der Waals surface area contributed by atoms with Crippen LogP contribution in [0.25, 0.3) is 0 Å². The molecule has 1 amide bonds. The lowest BCUT2D eigenvalue weighted by Gasteiger charge is -2.25. The summed E-state index contributed by atoms with van der Waals surface area (Å²) in [7, 11) is 0. The Hall–Kier alpha value is -3.20. The van der Waals surface area contributed by atoms with Crippen LogP contribution in [0.4, 0.5) is 10.5 Å². The number of benzene rings is 2. The molecule has 0 fully saturated rings. The van der Waals surface area contributed by atoms with Gasteiger partial charge < -0.3 is 24.4 Å². The van der Waals surface area contributed by atoms with E-state index >= 15 is 0 Å². The van der Waals surface area contributed by atoms with Crippen LogP contribution in [0.5, 0.6) is 17.2 Å². The highest BCUT2D eigenvalue weighted by Crippen LogP contribution is 2.37. The zero-order valence-electron chi connectivity index (χ0n) is 16.7. The topological polar surface area (TPSA) is 114 Å². The first-order valence-corrected chi connectivity index (χ1v) is 10.4. The first-order chi connectivity index (χ1) is 14.8. The lowest BCUT2D eigenvalue weighted by molar-refractivity contribution is -0.131. The van der Waals surface area contributed by atoms with Crippen molar-refractivity contribution >= 4 is 33.7 Å². The van der Waals surface area contributed by atoms with Crippen LogP contribution in [-0.2, 0) is 9.53 Å².